The topological polar surface area (TPSA) is 40.5 Å². The summed E-state index contributed by atoms with van der Waals surface area (Å²) < 4.78 is 0. The van der Waals surface area contributed by atoms with E-state index in [1.807, 2.05) is 32.2 Å². The van der Waals surface area contributed by atoms with Gasteiger partial charge in [0.25, 0.3) is 5.91 Å². The maximum absolute atomic E-state index is 12.5. The molecule has 1 amide bonds. The largest absolute Gasteiger partial charge is 0.395 e. The molecule has 0 bridgehead atoms. The molecule has 0 spiro atoms. The molecule has 1 aromatic rings. The first-order chi connectivity index (χ1) is 10.1. The SMILES string of the molecule is CCCCCN(C)C(=O)c1cc(C#CCCO)ccc1C. The van der Waals surface area contributed by atoms with Crippen molar-refractivity contribution in [1.29, 1.82) is 0 Å². The number of hydrogen-bond donors (Lipinski definition) is 1. The Morgan fingerprint density at radius 3 is 2.76 bits per heavy atom. The van der Waals surface area contributed by atoms with Gasteiger partial charge in [-0.3, -0.25) is 4.79 Å². The zero-order valence-electron chi connectivity index (χ0n) is 13.3. The van der Waals surface area contributed by atoms with Gasteiger partial charge in [-0.1, -0.05) is 37.7 Å². The van der Waals surface area contributed by atoms with E-state index in [9.17, 15) is 4.79 Å². The fraction of sp³-hybridized carbons (Fsp3) is 0.500. The molecular weight excluding hydrogens is 262 g/mol. The molecule has 1 rings (SSSR count). The van der Waals surface area contributed by atoms with Crippen LogP contribution in [0.2, 0.25) is 0 Å². The Morgan fingerprint density at radius 2 is 2.10 bits per heavy atom. The summed E-state index contributed by atoms with van der Waals surface area (Å²) in [5.41, 5.74) is 2.50. The van der Waals surface area contributed by atoms with Crippen LogP contribution in [0.25, 0.3) is 0 Å². The van der Waals surface area contributed by atoms with Crippen LogP contribution < -0.4 is 0 Å². The van der Waals surface area contributed by atoms with Crippen molar-refractivity contribution in [3.63, 3.8) is 0 Å². The Hall–Kier alpha value is -1.79. The molecule has 0 aliphatic rings. The van der Waals surface area contributed by atoms with Gasteiger partial charge in [-0.15, -0.1) is 0 Å². The maximum Gasteiger partial charge on any atom is 0.253 e. The first-order valence-electron chi connectivity index (χ1n) is 7.56. The molecule has 0 aliphatic heterocycles. The van der Waals surface area contributed by atoms with Crippen LogP contribution in [0.15, 0.2) is 18.2 Å². The number of carbonyl (C=O) groups excluding carboxylic acids is 1. The third-order valence-corrected chi connectivity index (χ3v) is 3.38. The van der Waals surface area contributed by atoms with Gasteiger partial charge in [-0.25, -0.2) is 0 Å². The summed E-state index contributed by atoms with van der Waals surface area (Å²) >= 11 is 0. The number of nitrogens with zero attached hydrogens (tertiary/aromatic N) is 1. The quantitative estimate of drug-likeness (QED) is 0.645. The predicted molar refractivity (Wildman–Crippen MR) is 86.2 cm³/mol. The molecule has 0 atom stereocenters. The van der Waals surface area contributed by atoms with Crippen molar-refractivity contribution < 1.29 is 9.90 Å². The number of benzene rings is 1. The minimum absolute atomic E-state index is 0.0504. The number of unbranched alkanes of at least 4 members (excludes halogenated alkanes) is 2. The molecule has 0 fully saturated rings. The van der Waals surface area contributed by atoms with Crippen LogP contribution >= 0.6 is 0 Å². The molecule has 0 saturated heterocycles. The van der Waals surface area contributed by atoms with Crippen molar-refractivity contribution >= 4 is 5.91 Å². The van der Waals surface area contributed by atoms with E-state index in [1.54, 1.807) is 4.90 Å². The van der Waals surface area contributed by atoms with Gasteiger partial charge in [0.2, 0.25) is 0 Å². The molecule has 0 unspecified atom stereocenters. The zero-order valence-corrected chi connectivity index (χ0v) is 13.3. The highest BCUT2D eigenvalue weighted by molar-refractivity contribution is 5.95. The number of hydrogen-bond acceptors (Lipinski definition) is 2. The molecule has 3 heteroatoms. The maximum atomic E-state index is 12.5. The first kappa shape index (κ1) is 17.3. The Bertz CT molecular complexity index is 526. The molecule has 0 aromatic heterocycles. The summed E-state index contributed by atoms with van der Waals surface area (Å²) in [7, 11) is 1.85. The molecule has 3 nitrogen and oxygen atoms in total. The second kappa shape index (κ2) is 9.20. The highest BCUT2D eigenvalue weighted by atomic mass is 16.2. The molecule has 0 saturated carbocycles. The Labute approximate surface area is 128 Å². The Kier molecular flexibility index (Phi) is 7.56. The summed E-state index contributed by atoms with van der Waals surface area (Å²) in [4.78, 5) is 14.3. The van der Waals surface area contributed by atoms with Crippen LogP contribution in [0.4, 0.5) is 0 Å². The number of aliphatic hydroxyl groups is 1. The summed E-state index contributed by atoms with van der Waals surface area (Å²) in [6, 6.07) is 5.68. The van der Waals surface area contributed by atoms with Crippen molar-refractivity contribution in [2.45, 2.75) is 39.5 Å². The summed E-state index contributed by atoms with van der Waals surface area (Å²) in [6.07, 6.45) is 3.78. The van der Waals surface area contributed by atoms with E-state index in [-0.39, 0.29) is 12.5 Å². The molecule has 1 N–H and O–H groups in total. The summed E-state index contributed by atoms with van der Waals surface area (Å²) in [5.74, 6) is 5.91. The zero-order chi connectivity index (χ0) is 15.7. The van der Waals surface area contributed by atoms with E-state index < -0.39 is 0 Å². The average Bonchev–Trinajstić information content (AvgIpc) is 2.48. The van der Waals surface area contributed by atoms with E-state index in [0.29, 0.717) is 12.0 Å². The smallest absolute Gasteiger partial charge is 0.253 e. The molecular formula is C18H25NO2. The lowest BCUT2D eigenvalue weighted by Crippen LogP contribution is -2.28. The molecule has 0 radical (unpaired) electrons. The van der Waals surface area contributed by atoms with Gasteiger partial charge >= 0.3 is 0 Å². The monoisotopic (exact) mass is 287 g/mol. The van der Waals surface area contributed by atoms with Gasteiger partial charge in [0.05, 0.1) is 6.61 Å². The minimum atomic E-state index is 0.0504. The Morgan fingerprint density at radius 1 is 1.33 bits per heavy atom. The third-order valence-electron chi connectivity index (χ3n) is 3.38. The number of aryl methyl sites for hydroxylation is 1. The van der Waals surface area contributed by atoms with E-state index >= 15 is 0 Å². The lowest BCUT2D eigenvalue weighted by Gasteiger charge is -2.18. The fourth-order valence-electron chi connectivity index (χ4n) is 2.06. The lowest BCUT2D eigenvalue weighted by molar-refractivity contribution is 0.0792. The predicted octanol–water partition coefficient (Wildman–Crippen LogP) is 2.99. The molecule has 21 heavy (non-hydrogen) atoms. The molecule has 1 aromatic carbocycles. The van der Waals surface area contributed by atoms with Crippen LogP contribution in [0.1, 0.15) is 54.1 Å². The highest BCUT2D eigenvalue weighted by Gasteiger charge is 2.14. The normalized spacial score (nSPS) is 9.90. The van der Waals surface area contributed by atoms with Crippen molar-refractivity contribution in [3.8, 4) is 11.8 Å². The molecule has 0 aliphatic carbocycles. The minimum Gasteiger partial charge on any atom is -0.395 e. The summed E-state index contributed by atoms with van der Waals surface area (Å²) in [5, 5.41) is 8.74. The van der Waals surface area contributed by atoms with Gasteiger partial charge < -0.3 is 10.0 Å². The second-order valence-electron chi connectivity index (χ2n) is 5.24. The number of amides is 1. The fourth-order valence-corrected chi connectivity index (χ4v) is 2.06. The van der Waals surface area contributed by atoms with E-state index in [1.165, 1.54) is 0 Å². The number of aliphatic hydroxyl groups excluding tert-OH is 1. The van der Waals surface area contributed by atoms with E-state index in [4.69, 9.17) is 5.11 Å². The summed E-state index contributed by atoms with van der Waals surface area (Å²) in [6.45, 7) is 4.94. The van der Waals surface area contributed by atoms with Crippen LogP contribution in [0, 0.1) is 18.8 Å². The standard InChI is InChI=1S/C18H25NO2/c1-4-5-7-12-19(3)18(21)17-14-16(9-6-8-13-20)11-10-15(17)2/h10-11,14,20H,4-5,7-8,12-13H2,1-3H3. The van der Waals surface area contributed by atoms with Gasteiger partial charge in [-0.05, 0) is 31.0 Å². The average molecular weight is 287 g/mol. The second-order valence-corrected chi connectivity index (χ2v) is 5.24. The van der Waals surface area contributed by atoms with Crippen molar-refractivity contribution in [2.75, 3.05) is 20.2 Å². The van der Waals surface area contributed by atoms with Crippen molar-refractivity contribution in [3.05, 3.63) is 34.9 Å². The molecule has 0 heterocycles. The first-order valence-corrected chi connectivity index (χ1v) is 7.56. The van der Waals surface area contributed by atoms with E-state index in [0.717, 1.165) is 36.9 Å². The lowest BCUT2D eigenvalue weighted by atomic mass is 10.0. The van der Waals surface area contributed by atoms with Gasteiger partial charge in [0.1, 0.15) is 0 Å². The van der Waals surface area contributed by atoms with Crippen LogP contribution in [0.3, 0.4) is 0 Å². The van der Waals surface area contributed by atoms with Crippen molar-refractivity contribution in [1.82, 2.24) is 4.90 Å². The highest BCUT2D eigenvalue weighted by Crippen LogP contribution is 2.13. The van der Waals surface area contributed by atoms with Crippen LogP contribution in [-0.2, 0) is 0 Å². The Balaban J connectivity index is 2.83. The number of carbonyl (C=O) groups is 1. The van der Waals surface area contributed by atoms with E-state index in [2.05, 4.69) is 18.8 Å². The van der Waals surface area contributed by atoms with Crippen LogP contribution in [-0.4, -0.2) is 36.1 Å². The van der Waals surface area contributed by atoms with Crippen LogP contribution in [0.5, 0.6) is 0 Å². The number of rotatable bonds is 6. The van der Waals surface area contributed by atoms with Gasteiger partial charge in [0, 0.05) is 31.1 Å². The van der Waals surface area contributed by atoms with Gasteiger partial charge in [0.15, 0.2) is 0 Å². The van der Waals surface area contributed by atoms with Crippen molar-refractivity contribution in [2.24, 2.45) is 0 Å². The molecule has 114 valence electrons. The third kappa shape index (κ3) is 5.61. The van der Waals surface area contributed by atoms with Gasteiger partial charge in [-0.2, -0.15) is 0 Å².